The molecule has 2 aromatic carbocycles. The summed E-state index contributed by atoms with van der Waals surface area (Å²) in [7, 11) is 0. The van der Waals surface area contributed by atoms with Crippen molar-refractivity contribution in [1.82, 2.24) is 0 Å². The summed E-state index contributed by atoms with van der Waals surface area (Å²) in [5.41, 5.74) is 2.62. The molecule has 0 saturated carbocycles. The number of hydrogen-bond acceptors (Lipinski definition) is 6. The molecule has 2 heterocycles. The van der Waals surface area contributed by atoms with E-state index in [-0.39, 0.29) is 5.41 Å². The lowest BCUT2D eigenvalue weighted by Crippen LogP contribution is -2.18. The second-order valence-corrected chi connectivity index (χ2v) is 10.8. The van der Waals surface area contributed by atoms with Crippen LogP contribution in [-0.2, 0) is 24.4 Å². The molecule has 0 N–H and O–H groups in total. The first-order chi connectivity index (χ1) is 15.1. The van der Waals surface area contributed by atoms with Crippen LogP contribution in [0.2, 0.25) is 0 Å². The molecule has 4 nitrogen and oxygen atoms in total. The summed E-state index contributed by atoms with van der Waals surface area (Å²) in [6.07, 6.45) is 0.696. The predicted molar refractivity (Wildman–Crippen MR) is 128 cm³/mol. The van der Waals surface area contributed by atoms with E-state index in [1.807, 2.05) is 23.5 Å². The minimum absolute atomic E-state index is 0.0346. The fraction of sp³-hybridized carbons (Fsp3) is 0.520. The van der Waals surface area contributed by atoms with Crippen molar-refractivity contribution in [3.05, 3.63) is 59.7 Å². The second kappa shape index (κ2) is 11.2. The van der Waals surface area contributed by atoms with Crippen LogP contribution >= 0.6 is 23.5 Å². The van der Waals surface area contributed by atoms with E-state index in [1.165, 1.54) is 20.9 Å². The number of hydrogen-bond donors (Lipinski definition) is 0. The average molecular weight is 461 g/mol. The lowest BCUT2D eigenvalue weighted by atomic mass is 9.78. The topological polar surface area (TPSA) is 43.5 Å². The van der Waals surface area contributed by atoms with Gasteiger partial charge in [0, 0.05) is 26.7 Å². The maximum atomic E-state index is 5.61. The quantitative estimate of drug-likeness (QED) is 0.224. The molecule has 6 heteroatoms. The molecule has 0 amide bonds. The van der Waals surface area contributed by atoms with Crippen LogP contribution in [0.15, 0.2) is 58.3 Å². The van der Waals surface area contributed by atoms with Gasteiger partial charge in [0.2, 0.25) is 0 Å². The van der Waals surface area contributed by atoms with Gasteiger partial charge < -0.3 is 18.9 Å². The minimum atomic E-state index is -0.0346. The van der Waals surface area contributed by atoms with Gasteiger partial charge >= 0.3 is 0 Å². The van der Waals surface area contributed by atoms with Gasteiger partial charge in [-0.1, -0.05) is 38.1 Å². The molecule has 2 aliphatic heterocycles. The summed E-state index contributed by atoms with van der Waals surface area (Å²) in [5, 5.41) is 0. The molecular formula is C25H32O4S2. The molecule has 2 saturated heterocycles. The third-order valence-electron chi connectivity index (χ3n) is 5.56. The SMILES string of the molecule is CC(C)(c1ccc(SCCOCC2CO2)cc1)c1ccc(SCCOCC2CO2)cc1. The van der Waals surface area contributed by atoms with Crippen molar-refractivity contribution in [3.63, 3.8) is 0 Å². The molecule has 2 atom stereocenters. The first kappa shape index (κ1) is 23.1. The van der Waals surface area contributed by atoms with E-state index in [4.69, 9.17) is 18.9 Å². The zero-order valence-electron chi connectivity index (χ0n) is 18.4. The standard InChI is InChI=1S/C25H32O4S2/c1-25(2,19-3-7-23(8-4-19)30-13-11-26-15-21-17-28-21)20-5-9-24(10-6-20)31-14-12-27-16-22-18-29-22/h3-10,21-22H,11-18H2,1-2H3. The smallest absolute Gasteiger partial charge is 0.104 e. The summed E-state index contributed by atoms with van der Waals surface area (Å²) < 4.78 is 21.5. The van der Waals surface area contributed by atoms with Crippen molar-refractivity contribution >= 4 is 23.5 Å². The molecule has 2 fully saturated rings. The maximum absolute atomic E-state index is 5.61. The van der Waals surface area contributed by atoms with Crippen LogP contribution in [0.1, 0.15) is 25.0 Å². The van der Waals surface area contributed by atoms with Gasteiger partial charge in [0.1, 0.15) is 12.2 Å². The van der Waals surface area contributed by atoms with Crippen molar-refractivity contribution in [1.29, 1.82) is 0 Å². The molecule has 168 valence electrons. The fourth-order valence-electron chi connectivity index (χ4n) is 3.30. The van der Waals surface area contributed by atoms with Gasteiger partial charge in [-0.15, -0.1) is 23.5 Å². The fourth-order valence-corrected chi connectivity index (χ4v) is 4.83. The number of rotatable bonds is 14. The Labute approximate surface area is 194 Å². The Hall–Kier alpha value is -1.02. The van der Waals surface area contributed by atoms with Crippen molar-refractivity contribution in [2.24, 2.45) is 0 Å². The highest BCUT2D eigenvalue weighted by atomic mass is 32.2. The Balaban J connectivity index is 1.22. The van der Waals surface area contributed by atoms with Crippen LogP contribution in [0.5, 0.6) is 0 Å². The first-order valence-corrected chi connectivity index (χ1v) is 12.9. The third-order valence-corrected chi connectivity index (χ3v) is 7.51. The highest BCUT2D eigenvalue weighted by Gasteiger charge is 2.24. The van der Waals surface area contributed by atoms with E-state index < -0.39 is 0 Å². The van der Waals surface area contributed by atoms with Gasteiger partial charge in [0.25, 0.3) is 0 Å². The number of benzene rings is 2. The van der Waals surface area contributed by atoms with Crippen molar-refractivity contribution in [3.8, 4) is 0 Å². The second-order valence-electron chi connectivity index (χ2n) is 8.43. The Kier molecular flexibility index (Phi) is 8.37. The summed E-state index contributed by atoms with van der Waals surface area (Å²) >= 11 is 3.68. The van der Waals surface area contributed by atoms with Gasteiger partial charge in [0.05, 0.1) is 39.6 Å². The third kappa shape index (κ3) is 7.52. The lowest BCUT2D eigenvalue weighted by Gasteiger charge is -2.26. The summed E-state index contributed by atoms with van der Waals surface area (Å²) in [4.78, 5) is 2.57. The molecule has 2 aromatic rings. The monoisotopic (exact) mass is 460 g/mol. The first-order valence-electron chi connectivity index (χ1n) is 11.0. The molecule has 2 unspecified atom stereocenters. The lowest BCUT2D eigenvalue weighted by molar-refractivity contribution is 0.130. The molecule has 31 heavy (non-hydrogen) atoms. The molecule has 0 radical (unpaired) electrons. The van der Waals surface area contributed by atoms with Crippen LogP contribution in [0, 0.1) is 0 Å². The van der Waals surface area contributed by atoms with E-state index in [1.54, 1.807) is 0 Å². The zero-order valence-corrected chi connectivity index (χ0v) is 20.0. The largest absolute Gasteiger partial charge is 0.378 e. The maximum Gasteiger partial charge on any atom is 0.104 e. The van der Waals surface area contributed by atoms with Gasteiger partial charge in [-0.25, -0.2) is 0 Å². The molecule has 0 aliphatic carbocycles. The normalized spacial score (nSPS) is 20.1. The van der Waals surface area contributed by atoms with Crippen LogP contribution in [0.25, 0.3) is 0 Å². The Morgan fingerprint density at radius 1 is 0.742 bits per heavy atom. The molecule has 0 spiro atoms. The molecule has 0 aromatic heterocycles. The van der Waals surface area contributed by atoms with Crippen LogP contribution < -0.4 is 0 Å². The molecule has 0 bridgehead atoms. The summed E-state index contributed by atoms with van der Waals surface area (Å²) in [5.74, 6) is 1.93. The Morgan fingerprint density at radius 2 is 1.13 bits per heavy atom. The highest BCUT2D eigenvalue weighted by Crippen LogP contribution is 2.33. The zero-order chi connectivity index (χ0) is 21.5. The summed E-state index contributed by atoms with van der Waals surface area (Å²) in [6, 6.07) is 17.9. The van der Waals surface area contributed by atoms with Crippen LogP contribution in [0.4, 0.5) is 0 Å². The average Bonchev–Trinajstić information content (AvgIpc) is 3.70. The molecule has 4 rings (SSSR count). The Morgan fingerprint density at radius 3 is 1.48 bits per heavy atom. The summed E-state index contributed by atoms with van der Waals surface area (Å²) in [6.45, 7) is 9.29. The van der Waals surface area contributed by atoms with E-state index in [2.05, 4.69) is 62.4 Å². The van der Waals surface area contributed by atoms with Gasteiger partial charge in [-0.2, -0.15) is 0 Å². The van der Waals surface area contributed by atoms with Gasteiger partial charge in [0.15, 0.2) is 0 Å². The van der Waals surface area contributed by atoms with E-state index in [9.17, 15) is 0 Å². The van der Waals surface area contributed by atoms with Crippen LogP contribution in [0.3, 0.4) is 0 Å². The van der Waals surface area contributed by atoms with Crippen LogP contribution in [-0.4, -0.2) is 63.4 Å². The van der Waals surface area contributed by atoms with E-state index in [0.717, 1.165) is 51.1 Å². The van der Waals surface area contributed by atoms with Gasteiger partial charge in [-0.3, -0.25) is 0 Å². The van der Waals surface area contributed by atoms with Crippen molar-refractivity contribution in [2.45, 2.75) is 41.3 Å². The van der Waals surface area contributed by atoms with E-state index >= 15 is 0 Å². The highest BCUT2D eigenvalue weighted by molar-refractivity contribution is 7.99. The molecular weight excluding hydrogens is 428 g/mol. The van der Waals surface area contributed by atoms with E-state index in [0.29, 0.717) is 12.2 Å². The van der Waals surface area contributed by atoms with Crippen molar-refractivity contribution < 1.29 is 18.9 Å². The van der Waals surface area contributed by atoms with Gasteiger partial charge in [-0.05, 0) is 35.4 Å². The Bertz CT molecular complexity index is 732. The number of ether oxygens (including phenoxy) is 4. The minimum Gasteiger partial charge on any atom is -0.378 e. The van der Waals surface area contributed by atoms with Crippen molar-refractivity contribution in [2.75, 3.05) is 51.1 Å². The number of thioether (sulfide) groups is 2. The molecule has 2 aliphatic rings. The number of epoxide rings is 2. The predicted octanol–water partition coefficient (Wildman–Crippen LogP) is 5.03.